The molecular formula is C13H15I2NO4. The highest BCUT2D eigenvalue weighted by Crippen LogP contribution is 2.27. The standard InChI is InChI=1S/C13H15I2NO4/c1-16(5-3-4-11(17)20-2)13(19)9-6-8(14)7-10(15)12(9)18/h6-7,18H,3-5H2,1-2H3. The number of halogens is 2. The van der Waals surface area contributed by atoms with Gasteiger partial charge in [-0.25, -0.2) is 0 Å². The normalized spacial score (nSPS) is 10.2. The molecule has 0 saturated carbocycles. The van der Waals surface area contributed by atoms with Crippen LogP contribution in [0.25, 0.3) is 0 Å². The molecular weight excluding hydrogens is 488 g/mol. The van der Waals surface area contributed by atoms with Gasteiger partial charge in [0.1, 0.15) is 5.75 Å². The molecule has 7 heteroatoms. The Morgan fingerprint density at radius 2 is 2.00 bits per heavy atom. The van der Waals surface area contributed by atoms with Crippen LogP contribution in [0.2, 0.25) is 0 Å². The molecule has 0 unspecified atom stereocenters. The molecule has 1 N–H and O–H groups in total. The van der Waals surface area contributed by atoms with Gasteiger partial charge in [-0.1, -0.05) is 0 Å². The summed E-state index contributed by atoms with van der Waals surface area (Å²) in [6, 6.07) is 3.45. The zero-order valence-electron chi connectivity index (χ0n) is 11.2. The largest absolute Gasteiger partial charge is 0.506 e. The predicted molar refractivity (Wildman–Crippen MR) is 91.8 cm³/mol. The molecule has 110 valence electrons. The van der Waals surface area contributed by atoms with E-state index in [1.165, 1.54) is 12.0 Å². The molecule has 1 amide bonds. The molecule has 0 spiro atoms. The quantitative estimate of drug-likeness (QED) is 0.496. The van der Waals surface area contributed by atoms with Crippen molar-refractivity contribution in [3.63, 3.8) is 0 Å². The van der Waals surface area contributed by atoms with Crippen molar-refractivity contribution in [2.75, 3.05) is 20.7 Å². The van der Waals surface area contributed by atoms with Crippen molar-refractivity contribution in [3.8, 4) is 5.75 Å². The molecule has 1 rings (SSSR count). The fourth-order valence-corrected chi connectivity index (χ4v) is 3.44. The summed E-state index contributed by atoms with van der Waals surface area (Å²) in [5.74, 6) is -0.558. The Hall–Kier alpha value is -0.580. The van der Waals surface area contributed by atoms with Gasteiger partial charge in [-0.2, -0.15) is 0 Å². The monoisotopic (exact) mass is 503 g/mol. The fraction of sp³-hybridized carbons (Fsp3) is 0.385. The number of carbonyl (C=O) groups excluding carboxylic acids is 2. The lowest BCUT2D eigenvalue weighted by atomic mass is 10.1. The van der Waals surface area contributed by atoms with Gasteiger partial charge in [-0.05, 0) is 63.7 Å². The number of amides is 1. The van der Waals surface area contributed by atoms with Gasteiger partial charge in [0.15, 0.2) is 0 Å². The summed E-state index contributed by atoms with van der Waals surface area (Å²) in [4.78, 5) is 24.8. The molecule has 0 aliphatic carbocycles. The van der Waals surface area contributed by atoms with Crippen LogP contribution in [0.3, 0.4) is 0 Å². The highest BCUT2D eigenvalue weighted by molar-refractivity contribution is 14.1. The average molecular weight is 503 g/mol. The number of phenols is 1. The van der Waals surface area contributed by atoms with Gasteiger partial charge in [0.2, 0.25) is 0 Å². The maximum atomic E-state index is 12.3. The van der Waals surface area contributed by atoms with E-state index in [-0.39, 0.29) is 29.6 Å². The Bertz CT molecular complexity index is 519. The molecule has 0 aliphatic rings. The first kappa shape index (κ1) is 17.5. The summed E-state index contributed by atoms with van der Waals surface area (Å²) >= 11 is 4.09. The number of nitrogens with zero attached hydrogens (tertiary/aromatic N) is 1. The SMILES string of the molecule is COC(=O)CCCN(C)C(=O)c1cc(I)cc(I)c1O. The summed E-state index contributed by atoms with van der Waals surface area (Å²) in [6.45, 7) is 0.426. The molecule has 0 heterocycles. The lowest BCUT2D eigenvalue weighted by molar-refractivity contribution is -0.140. The minimum absolute atomic E-state index is 0.00386. The van der Waals surface area contributed by atoms with E-state index in [2.05, 4.69) is 27.3 Å². The third kappa shape index (κ3) is 4.76. The molecule has 0 fully saturated rings. The van der Waals surface area contributed by atoms with E-state index in [0.717, 1.165) is 3.57 Å². The van der Waals surface area contributed by atoms with E-state index in [0.29, 0.717) is 16.5 Å². The fourth-order valence-electron chi connectivity index (χ4n) is 1.60. The second kappa shape index (κ2) is 8.01. The van der Waals surface area contributed by atoms with Gasteiger partial charge in [0, 0.05) is 23.6 Å². The van der Waals surface area contributed by atoms with Crippen molar-refractivity contribution in [1.29, 1.82) is 0 Å². The highest BCUT2D eigenvalue weighted by Gasteiger charge is 2.18. The summed E-state index contributed by atoms with van der Waals surface area (Å²) in [6.07, 6.45) is 0.792. The first-order valence-electron chi connectivity index (χ1n) is 5.87. The molecule has 5 nitrogen and oxygen atoms in total. The zero-order chi connectivity index (χ0) is 15.3. The van der Waals surface area contributed by atoms with Crippen molar-refractivity contribution in [2.24, 2.45) is 0 Å². The van der Waals surface area contributed by atoms with Crippen LogP contribution in [0.1, 0.15) is 23.2 Å². The summed E-state index contributed by atoms with van der Waals surface area (Å²) in [5, 5.41) is 9.96. The van der Waals surface area contributed by atoms with Gasteiger partial charge in [0.05, 0.1) is 16.2 Å². The Balaban J connectivity index is 2.72. The average Bonchev–Trinajstić information content (AvgIpc) is 2.41. The lowest BCUT2D eigenvalue weighted by Gasteiger charge is -2.18. The van der Waals surface area contributed by atoms with Gasteiger partial charge in [-0.15, -0.1) is 0 Å². The summed E-state index contributed by atoms with van der Waals surface area (Å²) in [5.41, 5.74) is 0.280. The highest BCUT2D eigenvalue weighted by atomic mass is 127. The number of hydrogen-bond acceptors (Lipinski definition) is 4. The van der Waals surface area contributed by atoms with Crippen molar-refractivity contribution >= 4 is 57.1 Å². The smallest absolute Gasteiger partial charge is 0.305 e. The maximum Gasteiger partial charge on any atom is 0.305 e. The van der Waals surface area contributed by atoms with Crippen LogP contribution >= 0.6 is 45.2 Å². The van der Waals surface area contributed by atoms with Crippen molar-refractivity contribution < 1.29 is 19.4 Å². The number of methoxy groups -OCH3 is 1. The number of ether oxygens (including phenoxy) is 1. The molecule has 0 bridgehead atoms. The number of phenolic OH excluding ortho intramolecular Hbond substituents is 1. The summed E-state index contributed by atoms with van der Waals surface area (Å²) < 4.78 is 6.07. The Morgan fingerprint density at radius 1 is 1.35 bits per heavy atom. The van der Waals surface area contributed by atoms with E-state index < -0.39 is 0 Å². The van der Waals surface area contributed by atoms with Crippen LogP contribution in [0.4, 0.5) is 0 Å². The van der Waals surface area contributed by atoms with Gasteiger partial charge < -0.3 is 14.7 Å². The number of hydrogen-bond donors (Lipinski definition) is 1. The second-order valence-corrected chi connectivity index (χ2v) is 6.60. The molecule has 0 radical (unpaired) electrons. The van der Waals surface area contributed by atoms with E-state index in [1.54, 1.807) is 19.2 Å². The van der Waals surface area contributed by atoms with Gasteiger partial charge in [0.25, 0.3) is 5.91 Å². The first-order valence-corrected chi connectivity index (χ1v) is 8.02. The number of benzene rings is 1. The van der Waals surface area contributed by atoms with E-state index in [1.807, 2.05) is 22.6 Å². The Morgan fingerprint density at radius 3 is 2.60 bits per heavy atom. The van der Waals surface area contributed by atoms with E-state index in [9.17, 15) is 14.7 Å². The van der Waals surface area contributed by atoms with Gasteiger partial charge in [-0.3, -0.25) is 9.59 Å². The summed E-state index contributed by atoms with van der Waals surface area (Å²) in [7, 11) is 2.98. The number of esters is 1. The Labute approximate surface area is 145 Å². The van der Waals surface area contributed by atoms with Crippen molar-refractivity contribution in [3.05, 3.63) is 24.8 Å². The van der Waals surface area contributed by atoms with Crippen molar-refractivity contribution in [2.45, 2.75) is 12.8 Å². The third-order valence-electron chi connectivity index (χ3n) is 2.71. The van der Waals surface area contributed by atoms with Crippen LogP contribution in [0.5, 0.6) is 5.75 Å². The molecule has 0 aromatic heterocycles. The molecule has 20 heavy (non-hydrogen) atoms. The lowest BCUT2D eigenvalue weighted by Crippen LogP contribution is -2.28. The van der Waals surface area contributed by atoms with E-state index in [4.69, 9.17) is 0 Å². The van der Waals surface area contributed by atoms with Crippen LogP contribution in [-0.4, -0.2) is 42.6 Å². The van der Waals surface area contributed by atoms with Crippen LogP contribution in [0.15, 0.2) is 12.1 Å². The van der Waals surface area contributed by atoms with Crippen molar-refractivity contribution in [1.82, 2.24) is 4.90 Å². The third-order valence-corrected chi connectivity index (χ3v) is 4.15. The van der Waals surface area contributed by atoms with Crippen LogP contribution in [-0.2, 0) is 9.53 Å². The molecule has 1 aromatic rings. The van der Waals surface area contributed by atoms with Gasteiger partial charge >= 0.3 is 5.97 Å². The van der Waals surface area contributed by atoms with Crippen LogP contribution < -0.4 is 0 Å². The first-order chi connectivity index (χ1) is 9.36. The van der Waals surface area contributed by atoms with E-state index >= 15 is 0 Å². The molecule has 0 atom stereocenters. The zero-order valence-corrected chi connectivity index (χ0v) is 15.5. The number of carbonyl (C=O) groups is 2. The van der Waals surface area contributed by atoms with Crippen LogP contribution in [0, 0.1) is 7.14 Å². The minimum Gasteiger partial charge on any atom is -0.506 e. The Kier molecular flexibility index (Phi) is 7.00. The minimum atomic E-state index is -0.294. The molecule has 1 aromatic carbocycles. The topological polar surface area (TPSA) is 66.8 Å². The second-order valence-electron chi connectivity index (χ2n) is 4.19. The predicted octanol–water partition coefficient (Wildman–Crippen LogP) is 2.63. The molecule has 0 aliphatic heterocycles. The maximum absolute atomic E-state index is 12.3. The number of aromatic hydroxyl groups is 1. The molecule has 0 saturated heterocycles. The number of rotatable bonds is 5.